The smallest absolute Gasteiger partial charge is 0.280 e. The van der Waals surface area contributed by atoms with Crippen LogP contribution in [-0.2, 0) is 24.2 Å². The number of benzene rings is 1. The molecule has 0 bridgehead atoms. The third-order valence-electron chi connectivity index (χ3n) is 4.40. The number of hydrogen-bond donors (Lipinski definition) is 1. The molecule has 1 aromatic carbocycles. The fourth-order valence-corrected chi connectivity index (χ4v) is 4.79. The van der Waals surface area contributed by atoms with Crippen LogP contribution in [0.3, 0.4) is 0 Å². The average molecular weight is 422 g/mol. The molecule has 1 saturated heterocycles. The molecule has 2 fully saturated rings. The Labute approximate surface area is 165 Å². The number of hydrogen-bond acceptors (Lipinski definition) is 9. The Morgan fingerprint density at radius 3 is 2.64 bits per heavy atom. The van der Waals surface area contributed by atoms with Gasteiger partial charge in [-0.2, -0.15) is 4.37 Å². The molecule has 1 atom stereocenters. The Bertz CT molecular complexity index is 963. The molecule has 11 heteroatoms. The first-order chi connectivity index (χ1) is 13.5. The summed E-state index contributed by atoms with van der Waals surface area (Å²) in [6.45, 7) is 0.994. The van der Waals surface area contributed by atoms with Crippen molar-refractivity contribution >= 4 is 38.1 Å². The van der Waals surface area contributed by atoms with E-state index in [-0.39, 0.29) is 22.0 Å². The van der Waals surface area contributed by atoms with Gasteiger partial charge in [-0.25, -0.2) is 13.4 Å². The molecule has 0 spiro atoms. The zero-order chi connectivity index (χ0) is 19.6. The summed E-state index contributed by atoms with van der Waals surface area (Å²) >= 11 is 1.04. The molecule has 1 aliphatic heterocycles. The number of carbonyl (C=O) groups excluding carboxylic acids is 1. The van der Waals surface area contributed by atoms with E-state index in [9.17, 15) is 13.2 Å². The molecule has 28 heavy (non-hydrogen) atoms. The van der Waals surface area contributed by atoms with Crippen molar-refractivity contribution in [3.8, 4) is 0 Å². The molecule has 9 nitrogen and oxygen atoms in total. The average Bonchev–Trinajstić information content (AvgIpc) is 3.20. The second-order valence-electron chi connectivity index (χ2n) is 6.50. The number of ether oxygens (including phenoxy) is 1. The summed E-state index contributed by atoms with van der Waals surface area (Å²) in [5.41, 5.74) is 0.466. The van der Waals surface area contributed by atoms with Crippen molar-refractivity contribution in [2.24, 2.45) is 5.16 Å². The predicted octanol–water partition coefficient (Wildman–Crippen LogP) is 1.62. The van der Waals surface area contributed by atoms with Gasteiger partial charge >= 0.3 is 0 Å². The molecule has 1 amide bonds. The van der Waals surface area contributed by atoms with Crippen LogP contribution in [0, 0.1) is 0 Å². The molecule has 1 aliphatic carbocycles. The number of nitrogens with zero attached hydrogens (tertiary/aromatic N) is 3. The molecule has 2 heterocycles. The monoisotopic (exact) mass is 422 g/mol. The minimum absolute atomic E-state index is 0.0254. The lowest BCUT2D eigenvalue weighted by atomic mass is 10.1. The Morgan fingerprint density at radius 2 is 2.04 bits per heavy atom. The Hall–Kier alpha value is -2.37. The largest absolute Gasteiger partial charge is 0.389 e. The van der Waals surface area contributed by atoms with E-state index in [0.717, 1.165) is 11.5 Å². The summed E-state index contributed by atoms with van der Waals surface area (Å²) in [4.78, 5) is 22.3. The van der Waals surface area contributed by atoms with E-state index in [4.69, 9.17) is 9.57 Å². The number of sulfone groups is 1. The minimum Gasteiger partial charge on any atom is -0.389 e. The zero-order valence-corrected chi connectivity index (χ0v) is 16.4. The zero-order valence-electron chi connectivity index (χ0n) is 14.8. The number of anilines is 1. The maximum Gasteiger partial charge on any atom is 0.280 e. The summed E-state index contributed by atoms with van der Waals surface area (Å²) in [6, 6.07) is 6.11. The summed E-state index contributed by atoms with van der Waals surface area (Å²) in [7, 11) is -3.30. The van der Waals surface area contributed by atoms with Crippen molar-refractivity contribution in [3.63, 3.8) is 0 Å². The fraction of sp³-hybridized carbons (Fsp3) is 0.412. The summed E-state index contributed by atoms with van der Waals surface area (Å²) in [5, 5.41) is 6.68. The fourth-order valence-electron chi connectivity index (χ4n) is 2.71. The maximum absolute atomic E-state index is 12.7. The van der Waals surface area contributed by atoms with Gasteiger partial charge in [0, 0.05) is 23.5 Å². The highest BCUT2D eigenvalue weighted by molar-refractivity contribution is 7.92. The predicted molar refractivity (Wildman–Crippen MR) is 102 cm³/mol. The van der Waals surface area contributed by atoms with Gasteiger partial charge in [-0.3, -0.25) is 10.1 Å². The second kappa shape index (κ2) is 7.94. The van der Waals surface area contributed by atoms with Crippen LogP contribution in [0.25, 0.3) is 0 Å². The van der Waals surface area contributed by atoms with E-state index in [0.29, 0.717) is 43.2 Å². The molecule has 1 aromatic heterocycles. The highest BCUT2D eigenvalue weighted by Crippen LogP contribution is 2.33. The lowest BCUT2D eigenvalue weighted by molar-refractivity contribution is -0.110. The van der Waals surface area contributed by atoms with Crippen molar-refractivity contribution in [2.75, 3.05) is 18.5 Å². The van der Waals surface area contributed by atoms with Crippen LogP contribution in [-0.4, -0.2) is 54.0 Å². The minimum atomic E-state index is -3.30. The first-order valence-electron chi connectivity index (χ1n) is 8.78. The van der Waals surface area contributed by atoms with Crippen LogP contribution in [0.5, 0.6) is 0 Å². The molecular weight excluding hydrogens is 404 g/mol. The molecule has 148 valence electrons. The van der Waals surface area contributed by atoms with Gasteiger partial charge in [0.2, 0.25) is 5.13 Å². The summed E-state index contributed by atoms with van der Waals surface area (Å²) < 4.78 is 33.8. The van der Waals surface area contributed by atoms with E-state index in [1.165, 1.54) is 18.5 Å². The lowest BCUT2D eigenvalue weighted by Gasteiger charge is -2.10. The molecule has 1 N–H and O–H groups in total. The molecule has 4 rings (SSSR count). The number of rotatable bonds is 7. The Balaban J connectivity index is 1.58. The lowest BCUT2D eigenvalue weighted by Crippen LogP contribution is -2.25. The highest BCUT2D eigenvalue weighted by atomic mass is 32.2. The quantitative estimate of drug-likeness (QED) is 0.532. The molecule has 0 radical (unpaired) electrons. The number of carbonyl (C=O) groups is 1. The Kier molecular flexibility index (Phi) is 5.38. The van der Waals surface area contributed by atoms with Crippen LogP contribution in [0.4, 0.5) is 5.13 Å². The van der Waals surface area contributed by atoms with Gasteiger partial charge < -0.3 is 9.57 Å². The third-order valence-corrected chi connectivity index (χ3v) is 7.26. The van der Waals surface area contributed by atoms with Crippen LogP contribution < -0.4 is 5.32 Å². The number of oxime groups is 1. The molecule has 1 saturated carbocycles. The summed E-state index contributed by atoms with van der Waals surface area (Å²) in [5.74, 6) is -0.520. The van der Waals surface area contributed by atoms with Gasteiger partial charge in [-0.1, -0.05) is 17.3 Å². The van der Waals surface area contributed by atoms with E-state index in [1.807, 2.05) is 0 Å². The SMILES string of the molecule is O=C(Nc1ncns1)/C(=N/O[C@@H]1CCOC1)c1ccc(S(=O)(=O)C2CC2)cc1. The number of nitrogens with one attached hydrogen (secondary N) is 1. The van der Waals surface area contributed by atoms with Crippen molar-refractivity contribution in [2.45, 2.75) is 35.5 Å². The van der Waals surface area contributed by atoms with Gasteiger partial charge in [0.1, 0.15) is 6.33 Å². The van der Waals surface area contributed by atoms with E-state index >= 15 is 0 Å². The molecule has 0 unspecified atom stereocenters. The van der Waals surface area contributed by atoms with Crippen LogP contribution >= 0.6 is 11.5 Å². The normalized spacial score (nSPS) is 20.1. The molecule has 2 aromatic rings. The number of aromatic nitrogens is 2. The van der Waals surface area contributed by atoms with E-state index < -0.39 is 15.7 Å². The summed E-state index contributed by atoms with van der Waals surface area (Å²) in [6.07, 6.45) is 3.18. The van der Waals surface area contributed by atoms with Crippen molar-refractivity contribution in [1.29, 1.82) is 0 Å². The number of amides is 1. The Morgan fingerprint density at radius 1 is 1.25 bits per heavy atom. The molecule has 2 aliphatic rings. The first-order valence-corrected chi connectivity index (χ1v) is 11.1. The van der Waals surface area contributed by atoms with Gasteiger partial charge in [0.05, 0.1) is 23.4 Å². The standard InChI is InChI=1S/C17H18N4O5S2/c22-16(20-17-18-10-19-27-17)15(21-26-12-7-8-25-9-12)11-1-3-13(4-2-11)28(23,24)14-5-6-14/h1-4,10,12,14H,5-9H2,(H,18,19,20,22)/b21-15+/t12-/m1/s1. The molecular formula is C17H18N4O5S2. The van der Waals surface area contributed by atoms with Gasteiger partial charge in [-0.05, 0) is 25.0 Å². The maximum atomic E-state index is 12.7. The van der Waals surface area contributed by atoms with Gasteiger partial charge in [-0.15, -0.1) is 0 Å². The van der Waals surface area contributed by atoms with Gasteiger partial charge in [0.15, 0.2) is 21.7 Å². The second-order valence-corrected chi connectivity index (χ2v) is 9.51. The van der Waals surface area contributed by atoms with E-state index in [2.05, 4.69) is 19.8 Å². The van der Waals surface area contributed by atoms with E-state index in [1.54, 1.807) is 12.1 Å². The van der Waals surface area contributed by atoms with Crippen LogP contribution in [0.2, 0.25) is 0 Å². The highest BCUT2D eigenvalue weighted by Gasteiger charge is 2.36. The third kappa shape index (κ3) is 4.21. The van der Waals surface area contributed by atoms with Crippen molar-refractivity contribution < 1.29 is 22.8 Å². The van der Waals surface area contributed by atoms with Crippen molar-refractivity contribution in [3.05, 3.63) is 36.2 Å². The van der Waals surface area contributed by atoms with Crippen LogP contribution in [0.15, 0.2) is 40.6 Å². The van der Waals surface area contributed by atoms with Crippen LogP contribution in [0.1, 0.15) is 24.8 Å². The first kappa shape index (κ1) is 19.0. The van der Waals surface area contributed by atoms with Gasteiger partial charge in [0.25, 0.3) is 5.91 Å². The topological polar surface area (TPSA) is 120 Å². The van der Waals surface area contributed by atoms with Crippen molar-refractivity contribution in [1.82, 2.24) is 9.36 Å².